The van der Waals surface area contributed by atoms with Gasteiger partial charge in [0.1, 0.15) is 11.6 Å². The van der Waals surface area contributed by atoms with Gasteiger partial charge in [-0.15, -0.1) is 0 Å². The van der Waals surface area contributed by atoms with Crippen LogP contribution in [0, 0.1) is 0 Å². The van der Waals surface area contributed by atoms with Gasteiger partial charge in [-0.25, -0.2) is 4.79 Å². The molecule has 1 amide bonds. The van der Waals surface area contributed by atoms with Crippen LogP contribution in [0.1, 0.15) is 28.8 Å². The Hall–Kier alpha value is -2.88. The summed E-state index contributed by atoms with van der Waals surface area (Å²) in [6, 6.07) is 13.6. The number of nitrogens with zero attached hydrogens (tertiary/aromatic N) is 1. The van der Waals surface area contributed by atoms with Gasteiger partial charge in [-0.05, 0) is 60.8 Å². The molecule has 0 saturated carbocycles. The number of hydrogen-bond acceptors (Lipinski definition) is 4. The van der Waals surface area contributed by atoms with Crippen LogP contribution in [-0.4, -0.2) is 32.0 Å². The molecule has 2 aromatic carbocycles. The van der Waals surface area contributed by atoms with E-state index in [0.29, 0.717) is 5.56 Å². The van der Waals surface area contributed by atoms with Gasteiger partial charge in [0.05, 0.1) is 5.41 Å². The molecule has 3 N–H and O–H groups in total. The van der Waals surface area contributed by atoms with Crippen molar-refractivity contribution in [1.82, 2.24) is 5.32 Å². The Morgan fingerprint density at radius 1 is 1.15 bits per heavy atom. The lowest BCUT2D eigenvalue weighted by Gasteiger charge is -2.34. The lowest BCUT2D eigenvalue weighted by atomic mass is 9.72. The number of rotatable bonds is 2. The summed E-state index contributed by atoms with van der Waals surface area (Å²) in [4.78, 5) is 25.2. The number of primary amides is 1. The number of nitrogens with one attached hydrogen (secondary N) is 1. The highest BCUT2D eigenvalue weighted by Gasteiger charge is 2.47. The predicted molar refractivity (Wildman–Crippen MR) is 102 cm³/mol. The molecule has 4 rings (SSSR count). The van der Waals surface area contributed by atoms with Crippen LogP contribution in [0.25, 0.3) is 11.1 Å². The number of carbonyl (C=O) groups is 1. The maximum absolute atomic E-state index is 11.8. The smallest absolute Gasteiger partial charge is 0.248 e. The summed E-state index contributed by atoms with van der Waals surface area (Å²) in [6.07, 6.45) is 1.79. The highest BCUT2D eigenvalue weighted by atomic mass is 16.1. The van der Waals surface area contributed by atoms with Gasteiger partial charge < -0.3 is 16.0 Å². The Kier molecular flexibility index (Phi) is 3.91. The minimum absolute atomic E-state index is 0.245. The molecule has 0 bridgehead atoms. The van der Waals surface area contributed by atoms with Crippen LogP contribution < -0.4 is 16.0 Å². The first-order valence-corrected chi connectivity index (χ1v) is 8.81. The molecule has 2 heterocycles. The second-order valence-electron chi connectivity index (χ2n) is 7.02. The SMILES string of the molecule is CN1C(=C=O)C2(CCNCC2)c2ccc(-c3cccc(C(N)=O)c3)cc21. The summed E-state index contributed by atoms with van der Waals surface area (Å²) >= 11 is 0. The Morgan fingerprint density at radius 2 is 1.88 bits per heavy atom. The fourth-order valence-electron chi connectivity index (χ4n) is 4.34. The summed E-state index contributed by atoms with van der Waals surface area (Å²) in [7, 11) is 1.93. The van der Waals surface area contributed by atoms with Crippen molar-refractivity contribution in [3.63, 3.8) is 0 Å². The van der Waals surface area contributed by atoms with Gasteiger partial charge in [-0.3, -0.25) is 4.79 Å². The zero-order chi connectivity index (χ0) is 18.3. The number of anilines is 1. The van der Waals surface area contributed by atoms with E-state index in [1.165, 1.54) is 5.56 Å². The van der Waals surface area contributed by atoms with Crippen molar-refractivity contribution >= 4 is 17.5 Å². The van der Waals surface area contributed by atoms with Crippen molar-refractivity contribution in [2.45, 2.75) is 18.3 Å². The van der Waals surface area contributed by atoms with Crippen LogP contribution in [0.2, 0.25) is 0 Å². The number of nitrogens with two attached hydrogens (primary N) is 1. The molecule has 2 aromatic rings. The van der Waals surface area contributed by atoms with Crippen LogP contribution in [-0.2, 0) is 10.2 Å². The lowest BCUT2D eigenvalue weighted by molar-refractivity contribution is 0.100. The van der Waals surface area contributed by atoms with Crippen LogP contribution in [0.15, 0.2) is 48.2 Å². The third-order valence-electron chi connectivity index (χ3n) is 5.70. The third-order valence-corrected chi connectivity index (χ3v) is 5.70. The molecule has 5 nitrogen and oxygen atoms in total. The van der Waals surface area contributed by atoms with Crippen LogP contribution >= 0.6 is 0 Å². The third kappa shape index (κ3) is 2.37. The zero-order valence-electron chi connectivity index (χ0n) is 14.7. The van der Waals surface area contributed by atoms with E-state index in [1.807, 2.05) is 24.1 Å². The largest absolute Gasteiger partial charge is 0.366 e. The molecule has 1 saturated heterocycles. The highest BCUT2D eigenvalue weighted by Crippen LogP contribution is 2.51. The number of allylic oxidation sites excluding steroid dienone is 1. The summed E-state index contributed by atoms with van der Waals surface area (Å²) in [5.41, 5.74) is 10.5. The van der Waals surface area contributed by atoms with Gasteiger partial charge in [0.25, 0.3) is 0 Å². The van der Waals surface area contributed by atoms with Crippen molar-refractivity contribution in [3.05, 3.63) is 59.3 Å². The van der Waals surface area contributed by atoms with E-state index < -0.39 is 5.91 Å². The average Bonchev–Trinajstić information content (AvgIpc) is 2.89. The van der Waals surface area contributed by atoms with Crippen LogP contribution in [0.5, 0.6) is 0 Å². The number of carbonyl (C=O) groups excluding carboxylic acids is 2. The Bertz CT molecular complexity index is 938. The molecule has 5 heteroatoms. The fraction of sp³-hybridized carbons (Fsp3) is 0.286. The summed E-state index contributed by atoms with van der Waals surface area (Å²) in [6.45, 7) is 1.78. The maximum Gasteiger partial charge on any atom is 0.248 e. The van der Waals surface area contributed by atoms with Crippen molar-refractivity contribution in [3.8, 4) is 11.1 Å². The number of fused-ring (bicyclic) bond motifs is 2. The standard InChI is InChI=1S/C21H21N3O2/c1-24-18-12-15(14-3-2-4-16(11-14)20(22)26)5-6-17(18)21(19(24)13-25)7-9-23-10-8-21/h2-6,11-12,23H,7-10H2,1H3,(H2,22,26). The van der Waals surface area contributed by atoms with Gasteiger partial charge in [0.15, 0.2) is 0 Å². The average molecular weight is 347 g/mol. The molecule has 0 atom stereocenters. The first-order chi connectivity index (χ1) is 12.6. The lowest BCUT2D eigenvalue weighted by Crippen LogP contribution is -2.41. The number of amides is 1. The van der Waals surface area contributed by atoms with Gasteiger partial charge in [-0.2, -0.15) is 0 Å². The predicted octanol–water partition coefficient (Wildman–Crippen LogP) is 2.24. The molecule has 0 radical (unpaired) electrons. The molecule has 2 aliphatic heterocycles. The minimum atomic E-state index is -0.440. The van der Waals surface area contributed by atoms with Crippen molar-refractivity contribution in [2.24, 2.45) is 5.73 Å². The Balaban J connectivity index is 1.83. The molecule has 132 valence electrons. The number of piperidine rings is 1. The summed E-state index contributed by atoms with van der Waals surface area (Å²) < 4.78 is 0. The first kappa shape index (κ1) is 16.6. The molecule has 1 fully saturated rings. The monoisotopic (exact) mass is 347 g/mol. The number of benzene rings is 2. The van der Waals surface area contributed by atoms with E-state index in [0.717, 1.165) is 48.4 Å². The van der Waals surface area contributed by atoms with Crippen LogP contribution in [0.4, 0.5) is 5.69 Å². The van der Waals surface area contributed by atoms with E-state index >= 15 is 0 Å². The summed E-state index contributed by atoms with van der Waals surface area (Å²) in [5.74, 6) is 1.77. The van der Waals surface area contributed by atoms with Gasteiger partial charge >= 0.3 is 0 Å². The normalized spacial score (nSPS) is 17.9. The van der Waals surface area contributed by atoms with E-state index in [1.54, 1.807) is 12.1 Å². The maximum atomic E-state index is 11.8. The molecule has 0 aliphatic carbocycles. The molecular formula is C21H21N3O2. The van der Waals surface area contributed by atoms with Gasteiger partial charge in [0.2, 0.25) is 5.91 Å². The Labute approximate surface area is 152 Å². The zero-order valence-corrected chi connectivity index (χ0v) is 14.7. The van der Waals surface area contributed by atoms with Gasteiger partial charge in [0, 0.05) is 18.3 Å². The van der Waals surface area contributed by atoms with E-state index in [2.05, 4.69) is 29.5 Å². The molecule has 1 spiro atoms. The quantitative estimate of drug-likeness (QED) is 0.817. The molecule has 0 aromatic heterocycles. The number of likely N-dealkylation sites (N-methyl/N-ethyl adjacent to an activating group) is 1. The van der Waals surface area contributed by atoms with E-state index in [-0.39, 0.29) is 5.41 Å². The fourth-order valence-corrected chi connectivity index (χ4v) is 4.34. The van der Waals surface area contributed by atoms with Crippen molar-refractivity contribution < 1.29 is 9.59 Å². The molecule has 2 aliphatic rings. The number of hydrogen-bond donors (Lipinski definition) is 2. The van der Waals surface area contributed by atoms with Crippen molar-refractivity contribution in [1.29, 1.82) is 0 Å². The van der Waals surface area contributed by atoms with E-state index in [9.17, 15) is 9.59 Å². The van der Waals surface area contributed by atoms with Crippen molar-refractivity contribution in [2.75, 3.05) is 25.0 Å². The molecular weight excluding hydrogens is 326 g/mol. The minimum Gasteiger partial charge on any atom is -0.366 e. The second-order valence-corrected chi connectivity index (χ2v) is 7.02. The topological polar surface area (TPSA) is 75.4 Å². The first-order valence-electron chi connectivity index (χ1n) is 8.81. The highest BCUT2D eigenvalue weighted by molar-refractivity contribution is 5.94. The molecule has 26 heavy (non-hydrogen) atoms. The van der Waals surface area contributed by atoms with Gasteiger partial charge in [-0.1, -0.05) is 24.3 Å². The molecule has 0 unspecified atom stereocenters. The summed E-state index contributed by atoms with van der Waals surface area (Å²) in [5, 5.41) is 3.37. The van der Waals surface area contributed by atoms with Crippen LogP contribution in [0.3, 0.4) is 0 Å². The van der Waals surface area contributed by atoms with E-state index in [4.69, 9.17) is 5.73 Å². The Morgan fingerprint density at radius 3 is 2.58 bits per heavy atom. The second kappa shape index (κ2) is 6.13.